The van der Waals surface area contributed by atoms with Crippen molar-refractivity contribution < 1.29 is 14.7 Å². The maximum absolute atomic E-state index is 11.6. The van der Waals surface area contributed by atoms with E-state index in [2.05, 4.69) is 10.6 Å². The average molecular weight is 285 g/mol. The predicted octanol–water partition coefficient (Wildman–Crippen LogP) is 1.37. The van der Waals surface area contributed by atoms with Crippen molar-refractivity contribution in [2.24, 2.45) is 0 Å². The van der Waals surface area contributed by atoms with Crippen LogP contribution in [0.15, 0.2) is 24.3 Å². The zero-order chi connectivity index (χ0) is 14.1. The van der Waals surface area contributed by atoms with E-state index in [1.165, 1.54) is 0 Å². The molecule has 2 amide bonds. The molecule has 3 N–H and O–H groups in total. The highest BCUT2D eigenvalue weighted by Gasteiger charge is 2.05. The Bertz CT molecular complexity index is 420. The number of halogens is 1. The maximum Gasteiger partial charge on any atom is 0.251 e. The second-order valence-corrected chi connectivity index (χ2v) is 4.28. The molecule has 0 saturated carbocycles. The normalized spacial score (nSPS) is 10.0. The third-order valence-electron chi connectivity index (χ3n) is 2.37. The molecular formula is C13H17ClN2O3. The maximum atomic E-state index is 11.6. The van der Waals surface area contributed by atoms with Crippen LogP contribution in [0.1, 0.15) is 23.2 Å². The quantitative estimate of drug-likeness (QED) is 0.662. The van der Waals surface area contributed by atoms with E-state index in [9.17, 15) is 9.59 Å². The number of rotatable bonds is 7. The summed E-state index contributed by atoms with van der Waals surface area (Å²) in [5.74, 6) is 0.101. The van der Waals surface area contributed by atoms with Crippen molar-refractivity contribution in [1.82, 2.24) is 5.32 Å². The molecule has 1 aromatic carbocycles. The fourth-order valence-electron chi connectivity index (χ4n) is 1.43. The van der Waals surface area contributed by atoms with E-state index in [1.807, 2.05) is 0 Å². The number of amides is 2. The third-order valence-corrected chi connectivity index (χ3v) is 2.63. The summed E-state index contributed by atoms with van der Waals surface area (Å²) in [6.07, 6.45) is 1.01. The van der Waals surface area contributed by atoms with Gasteiger partial charge in [-0.3, -0.25) is 9.59 Å². The molecule has 19 heavy (non-hydrogen) atoms. The predicted molar refractivity (Wildman–Crippen MR) is 74.4 cm³/mol. The summed E-state index contributed by atoms with van der Waals surface area (Å²) in [6.45, 7) is 0.121. The molecule has 0 saturated heterocycles. The molecule has 0 spiro atoms. The van der Waals surface area contributed by atoms with Crippen molar-refractivity contribution in [3.05, 3.63) is 29.8 Å². The van der Waals surface area contributed by atoms with E-state index < -0.39 is 0 Å². The van der Waals surface area contributed by atoms with Crippen LogP contribution in [-0.2, 0) is 4.79 Å². The highest BCUT2D eigenvalue weighted by atomic mass is 35.5. The first-order chi connectivity index (χ1) is 9.17. The molecule has 0 fully saturated rings. The molecule has 0 radical (unpaired) electrons. The topological polar surface area (TPSA) is 78.4 Å². The van der Waals surface area contributed by atoms with Gasteiger partial charge in [0, 0.05) is 30.1 Å². The van der Waals surface area contributed by atoms with Crippen LogP contribution in [0.5, 0.6) is 0 Å². The number of anilines is 1. The van der Waals surface area contributed by atoms with E-state index in [0.29, 0.717) is 30.0 Å². The van der Waals surface area contributed by atoms with Gasteiger partial charge in [-0.25, -0.2) is 0 Å². The first-order valence-electron chi connectivity index (χ1n) is 6.02. The Morgan fingerprint density at radius 2 is 1.89 bits per heavy atom. The number of hydrogen-bond donors (Lipinski definition) is 3. The van der Waals surface area contributed by atoms with Gasteiger partial charge in [-0.2, -0.15) is 0 Å². The second kappa shape index (κ2) is 8.50. The molecule has 1 rings (SSSR count). The van der Waals surface area contributed by atoms with Gasteiger partial charge in [-0.1, -0.05) is 0 Å². The molecule has 5 nitrogen and oxygen atoms in total. The lowest BCUT2D eigenvalue weighted by Crippen LogP contribution is -2.26. The fourth-order valence-corrected chi connectivity index (χ4v) is 1.56. The lowest BCUT2D eigenvalue weighted by atomic mass is 10.2. The molecule has 0 aromatic heterocycles. The largest absolute Gasteiger partial charge is 0.395 e. The summed E-state index contributed by atoms with van der Waals surface area (Å²) in [4.78, 5) is 23.0. The summed E-state index contributed by atoms with van der Waals surface area (Å²) in [7, 11) is 0. The monoisotopic (exact) mass is 284 g/mol. The molecule has 0 aliphatic rings. The lowest BCUT2D eigenvalue weighted by Gasteiger charge is -2.06. The average Bonchev–Trinajstić information content (AvgIpc) is 2.43. The summed E-state index contributed by atoms with van der Waals surface area (Å²) < 4.78 is 0. The lowest BCUT2D eigenvalue weighted by molar-refractivity contribution is -0.116. The minimum Gasteiger partial charge on any atom is -0.395 e. The van der Waals surface area contributed by atoms with E-state index in [-0.39, 0.29) is 25.0 Å². The Morgan fingerprint density at radius 3 is 2.47 bits per heavy atom. The smallest absolute Gasteiger partial charge is 0.251 e. The van der Waals surface area contributed by atoms with Crippen molar-refractivity contribution in [3.8, 4) is 0 Å². The van der Waals surface area contributed by atoms with Gasteiger partial charge in [0.05, 0.1) is 6.61 Å². The number of benzene rings is 1. The standard InChI is InChI=1S/C13H17ClN2O3/c14-7-1-2-12(18)16-11-5-3-10(4-6-11)13(19)15-8-9-17/h3-6,17H,1-2,7-9H2,(H,15,19)(H,16,18). The molecule has 6 heteroatoms. The Kier molecular flexibility index (Phi) is 6.92. The SMILES string of the molecule is O=C(CCCCl)Nc1ccc(C(=O)NCCO)cc1. The van der Waals surface area contributed by atoms with E-state index in [4.69, 9.17) is 16.7 Å². The first kappa shape index (κ1) is 15.5. The van der Waals surface area contributed by atoms with E-state index in [1.54, 1.807) is 24.3 Å². The molecule has 0 heterocycles. The van der Waals surface area contributed by atoms with E-state index >= 15 is 0 Å². The van der Waals surface area contributed by atoms with Crippen LogP contribution >= 0.6 is 11.6 Å². The Balaban J connectivity index is 2.51. The van der Waals surface area contributed by atoms with Gasteiger partial charge in [0.15, 0.2) is 0 Å². The van der Waals surface area contributed by atoms with Gasteiger partial charge in [0.2, 0.25) is 5.91 Å². The Hall–Kier alpha value is -1.59. The number of nitrogens with one attached hydrogen (secondary N) is 2. The fraction of sp³-hybridized carbons (Fsp3) is 0.385. The van der Waals surface area contributed by atoms with Crippen molar-refractivity contribution >= 4 is 29.1 Å². The molecule has 0 bridgehead atoms. The zero-order valence-corrected chi connectivity index (χ0v) is 11.2. The van der Waals surface area contributed by atoms with E-state index in [0.717, 1.165) is 0 Å². The van der Waals surface area contributed by atoms with Crippen LogP contribution in [0.3, 0.4) is 0 Å². The highest BCUT2D eigenvalue weighted by Crippen LogP contribution is 2.10. The summed E-state index contributed by atoms with van der Waals surface area (Å²) in [5.41, 5.74) is 1.12. The summed E-state index contributed by atoms with van der Waals surface area (Å²) >= 11 is 5.50. The molecule has 104 valence electrons. The summed E-state index contributed by atoms with van der Waals surface area (Å²) in [6, 6.07) is 6.55. The number of hydrogen-bond acceptors (Lipinski definition) is 3. The van der Waals surface area contributed by atoms with Crippen LogP contribution in [0.4, 0.5) is 5.69 Å². The van der Waals surface area contributed by atoms with Gasteiger partial charge in [0.25, 0.3) is 5.91 Å². The molecule has 1 aromatic rings. The molecule has 0 aliphatic carbocycles. The number of aliphatic hydroxyl groups is 1. The van der Waals surface area contributed by atoms with Crippen molar-refractivity contribution in [2.45, 2.75) is 12.8 Å². The van der Waals surface area contributed by atoms with Crippen LogP contribution in [0.2, 0.25) is 0 Å². The zero-order valence-electron chi connectivity index (χ0n) is 10.5. The summed E-state index contributed by atoms with van der Waals surface area (Å²) in [5, 5.41) is 13.9. The molecular weight excluding hydrogens is 268 g/mol. The van der Waals surface area contributed by atoms with Gasteiger partial charge >= 0.3 is 0 Å². The molecule has 0 aliphatic heterocycles. The van der Waals surface area contributed by atoms with Crippen molar-refractivity contribution in [2.75, 3.05) is 24.3 Å². The highest BCUT2D eigenvalue weighted by molar-refractivity contribution is 6.18. The molecule has 0 unspecified atom stereocenters. The van der Waals surface area contributed by atoms with Crippen molar-refractivity contribution in [3.63, 3.8) is 0 Å². The Morgan fingerprint density at radius 1 is 1.21 bits per heavy atom. The van der Waals surface area contributed by atoms with Gasteiger partial charge in [-0.05, 0) is 30.7 Å². The third kappa shape index (κ3) is 5.72. The van der Waals surface area contributed by atoms with Crippen LogP contribution < -0.4 is 10.6 Å². The number of aliphatic hydroxyl groups excluding tert-OH is 1. The second-order valence-electron chi connectivity index (χ2n) is 3.90. The number of alkyl halides is 1. The van der Waals surface area contributed by atoms with Crippen molar-refractivity contribution in [1.29, 1.82) is 0 Å². The Labute approximate surface area is 117 Å². The van der Waals surface area contributed by atoms with Crippen LogP contribution in [0.25, 0.3) is 0 Å². The van der Waals surface area contributed by atoms with Gasteiger partial charge in [-0.15, -0.1) is 11.6 Å². The minimum absolute atomic E-state index is 0.0968. The number of carbonyl (C=O) groups excluding carboxylic acids is 2. The van der Waals surface area contributed by atoms with Crippen LogP contribution in [0, 0.1) is 0 Å². The first-order valence-corrected chi connectivity index (χ1v) is 6.55. The van der Waals surface area contributed by atoms with Gasteiger partial charge < -0.3 is 15.7 Å². The van der Waals surface area contributed by atoms with Gasteiger partial charge in [0.1, 0.15) is 0 Å². The molecule has 0 atom stereocenters. The van der Waals surface area contributed by atoms with Crippen LogP contribution in [-0.4, -0.2) is 36.0 Å². The number of carbonyl (C=O) groups is 2. The minimum atomic E-state index is -0.255.